The van der Waals surface area contributed by atoms with Gasteiger partial charge < -0.3 is 30.0 Å². The van der Waals surface area contributed by atoms with Gasteiger partial charge in [-0.1, -0.05) is 97.1 Å². The number of carbonyl (C=O) groups excluding carboxylic acids is 7. The predicted octanol–water partition coefficient (Wildman–Crippen LogP) is 3.55. The summed E-state index contributed by atoms with van der Waals surface area (Å²) in [7, 11) is 0. The molecule has 0 saturated heterocycles. The summed E-state index contributed by atoms with van der Waals surface area (Å²) in [6.45, 7) is 7.64. The van der Waals surface area contributed by atoms with E-state index in [0.717, 1.165) is 44.5 Å². The molecule has 4 aromatic rings. The number of nitrogens with one attached hydrogen (secondary N) is 6. The lowest BCUT2D eigenvalue weighted by atomic mass is 9.98. The van der Waals surface area contributed by atoms with Crippen molar-refractivity contribution >= 4 is 47.8 Å². The first-order chi connectivity index (χ1) is 29.4. The molecule has 0 aromatic heterocycles. The minimum Gasteiger partial charge on any atom is -0.474 e. The van der Waals surface area contributed by atoms with Crippen LogP contribution in [0.5, 0.6) is 0 Å². The van der Waals surface area contributed by atoms with Gasteiger partial charge in [0.1, 0.15) is 30.9 Å². The fourth-order valence-electron chi connectivity index (χ4n) is 6.68. The van der Waals surface area contributed by atoms with Crippen molar-refractivity contribution in [2.75, 3.05) is 13.2 Å². The zero-order chi connectivity index (χ0) is 45.1. The number of hydrogen-bond acceptors (Lipinski definition) is 11. The number of carboxylic acids is 1. The molecule has 18 heteroatoms. The van der Waals surface area contributed by atoms with Crippen LogP contribution in [-0.2, 0) is 43.0 Å². The number of carboxylic acid groups (broad SMARTS) is 1. The lowest BCUT2D eigenvalue weighted by molar-refractivity contribution is -0.163. The normalized spacial score (nSPS) is 13.0. The molecule has 0 fully saturated rings. The van der Waals surface area contributed by atoms with E-state index in [0.29, 0.717) is 0 Å². The van der Waals surface area contributed by atoms with Gasteiger partial charge in [0, 0.05) is 11.8 Å². The molecule has 4 aromatic carbocycles. The highest BCUT2D eigenvalue weighted by molar-refractivity contribution is 6.33. The first-order valence-electron chi connectivity index (χ1n) is 19.3. The lowest BCUT2D eigenvalue weighted by Crippen LogP contribution is -2.52. The predicted molar refractivity (Wildman–Crippen MR) is 221 cm³/mol. The highest BCUT2D eigenvalue weighted by Crippen LogP contribution is 2.45. The minimum atomic E-state index is -1.71. The number of amides is 6. The van der Waals surface area contributed by atoms with E-state index in [1.165, 1.54) is 13.8 Å². The van der Waals surface area contributed by atoms with Crippen LogP contribution in [0.25, 0.3) is 22.3 Å². The summed E-state index contributed by atoms with van der Waals surface area (Å²) in [6.07, 6.45) is -1.73. The second-order valence-electron chi connectivity index (χ2n) is 15.1. The Morgan fingerprint density at radius 2 is 0.855 bits per heavy atom. The van der Waals surface area contributed by atoms with Crippen molar-refractivity contribution in [3.05, 3.63) is 119 Å². The molecule has 2 aliphatic carbocycles. The van der Waals surface area contributed by atoms with Gasteiger partial charge in [-0.2, -0.15) is 0 Å². The zero-order valence-electron chi connectivity index (χ0n) is 34.4. The molecular formula is C44H46N6O12. The number of aliphatic carboxylic acids is 1. The van der Waals surface area contributed by atoms with Crippen molar-refractivity contribution in [3.8, 4) is 22.3 Å². The van der Waals surface area contributed by atoms with Gasteiger partial charge in [-0.15, -0.1) is 0 Å². The molecule has 18 nitrogen and oxygen atoms in total. The maximum Gasteiger partial charge on any atom is 0.426 e. The van der Waals surface area contributed by atoms with E-state index >= 15 is 0 Å². The quantitative estimate of drug-likeness (QED) is 0.0582. The summed E-state index contributed by atoms with van der Waals surface area (Å²) in [5, 5.41) is 12.7. The highest BCUT2D eigenvalue weighted by Gasteiger charge is 2.31. The number of hydrazine groups is 2. The van der Waals surface area contributed by atoms with Crippen molar-refractivity contribution < 1.29 is 57.7 Å². The fourth-order valence-corrected chi connectivity index (χ4v) is 6.68. The summed E-state index contributed by atoms with van der Waals surface area (Å²) in [5.41, 5.74) is 16.2. The zero-order valence-corrected chi connectivity index (χ0v) is 34.4. The number of rotatable bonds is 8. The molecule has 0 saturated carbocycles. The smallest absolute Gasteiger partial charge is 0.426 e. The fraction of sp³-hybridized carbons (Fsp3) is 0.273. The molecular weight excluding hydrogens is 805 g/mol. The molecule has 6 amide bonds. The summed E-state index contributed by atoms with van der Waals surface area (Å²) in [6, 6.07) is 29.3. The molecule has 62 heavy (non-hydrogen) atoms. The van der Waals surface area contributed by atoms with Crippen molar-refractivity contribution in [2.45, 2.75) is 64.1 Å². The average Bonchev–Trinajstić information content (AvgIpc) is 3.74. The maximum absolute atomic E-state index is 12.1. The Hall–Kier alpha value is -7.76. The summed E-state index contributed by atoms with van der Waals surface area (Å²) >= 11 is 0. The summed E-state index contributed by atoms with van der Waals surface area (Å²) in [5.74, 6) is -6.99. The van der Waals surface area contributed by atoms with Gasteiger partial charge in [-0.3, -0.25) is 30.0 Å². The second kappa shape index (κ2) is 20.0. The Morgan fingerprint density at radius 1 is 0.532 bits per heavy atom. The molecule has 324 valence electrons. The first-order valence-corrected chi connectivity index (χ1v) is 19.3. The highest BCUT2D eigenvalue weighted by atomic mass is 16.6. The van der Waals surface area contributed by atoms with Crippen LogP contribution < -0.4 is 32.3 Å². The third-order valence-corrected chi connectivity index (χ3v) is 9.52. The number of fused-ring (bicyclic) bond motifs is 6. The maximum atomic E-state index is 12.1. The molecule has 2 atom stereocenters. The molecule has 7 N–H and O–H groups in total. The van der Waals surface area contributed by atoms with Gasteiger partial charge in [-0.05, 0) is 79.1 Å². The SMILES string of the molecule is C[C@H](NC(=O)C(=O)O)C(=O)NNC(=O)OCC1c2ccccc2-c2ccccc21.C[C@H](NC(=O)C(=O)OC(C)(C)C)C(=O)NNC(=O)OCC1c2ccccc2-c2ccccc21. The van der Waals surface area contributed by atoms with Crippen LogP contribution in [0.2, 0.25) is 0 Å². The van der Waals surface area contributed by atoms with Crippen LogP contribution in [0.1, 0.15) is 68.7 Å². The van der Waals surface area contributed by atoms with E-state index in [9.17, 15) is 38.4 Å². The molecule has 0 aliphatic heterocycles. The molecule has 6 rings (SSSR count). The number of benzene rings is 4. The Labute approximate surface area is 356 Å². The first kappa shape index (κ1) is 45.3. The van der Waals surface area contributed by atoms with Gasteiger partial charge in [0.05, 0.1) is 0 Å². The number of esters is 1. The van der Waals surface area contributed by atoms with Crippen molar-refractivity contribution in [2.24, 2.45) is 0 Å². The molecule has 2 aliphatic rings. The van der Waals surface area contributed by atoms with Gasteiger partial charge >= 0.3 is 35.9 Å². The Morgan fingerprint density at radius 3 is 1.18 bits per heavy atom. The standard InChI is InChI=1S/C24H27N3O6.C20H19N3O6/c1-14(25-21(29)22(30)33-24(2,3)4)20(28)26-27-23(31)32-13-19-17-11-7-5-9-15(17)16-10-6-8-12-18(16)19;1-11(21-18(25)19(26)27)17(24)22-23-20(28)29-10-16-14-8-4-2-6-12(14)13-7-3-5-9-15(13)16/h5-12,14,19H,13H2,1-4H3,(H,25,29)(H,26,28)(H,27,31);2-9,11,16H,10H2,1H3,(H,21,25)(H,22,24)(H,23,28)(H,26,27)/t14-;11-/m00/s1. The number of ether oxygens (including phenoxy) is 3. The van der Waals surface area contributed by atoms with Crippen LogP contribution in [0.4, 0.5) is 9.59 Å². The Balaban J connectivity index is 0.000000236. The largest absolute Gasteiger partial charge is 0.474 e. The lowest BCUT2D eigenvalue weighted by Gasteiger charge is -2.20. The van der Waals surface area contributed by atoms with E-state index < -0.39 is 65.4 Å². The molecule has 0 unspecified atom stereocenters. The molecule has 0 radical (unpaired) electrons. The van der Waals surface area contributed by atoms with Crippen molar-refractivity contribution in [1.29, 1.82) is 0 Å². The van der Waals surface area contributed by atoms with E-state index in [1.54, 1.807) is 20.8 Å². The topological polar surface area (TPSA) is 257 Å². The number of hydrogen-bond donors (Lipinski definition) is 7. The van der Waals surface area contributed by atoms with Crippen LogP contribution in [0, 0.1) is 0 Å². The van der Waals surface area contributed by atoms with Crippen LogP contribution in [0.15, 0.2) is 97.1 Å². The van der Waals surface area contributed by atoms with Crippen molar-refractivity contribution in [3.63, 3.8) is 0 Å². The molecule has 0 spiro atoms. The summed E-state index contributed by atoms with van der Waals surface area (Å²) in [4.78, 5) is 93.1. The van der Waals surface area contributed by atoms with Gasteiger partial charge in [0.25, 0.3) is 11.8 Å². The van der Waals surface area contributed by atoms with Crippen LogP contribution >= 0.6 is 0 Å². The molecule has 0 heterocycles. The van der Waals surface area contributed by atoms with Gasteiger partial charge in [0.15, 0.2) is 0 Å². The Kier molecular flexibility index (Phi) is 14.6. The van der Waals surface area contributed by atoms with E-state index in [2.05, 4.69) is 27.0 Å². The third-order valence-electron chi connectivity index (χ3n) is 9.52. The van der Waals surface area contributed by atoms with E-state index in [1.807, 2.05) is 102 Å². The molecule has 0 bridgehead atoms. The van der Waals surface area contributed by atoms with E-state index in [4.69, 9.17) is 19.3 Å². The van der Waals surface area contributed by atoms with Gasteiger partial charge in [-0.25, -0.2) is 30.0 Å². The minimum absolute atomic E-state index is 0.0705. The monoisotopic (exact) mass is 850 g/mol. The van der Waals surface area contributed by atoms with E-state index in [-0.39, 0.29) is 25.0 Å². The van der Waals surface area contributed by atoms with Gasteiger partial charge in [0.2, 0.25) is 0 Å². The van der Waals surface area contributed by atoms with Crippen LogP contribution in [-0.4, -0.2) is 83.8 Å². The Bertz CT molecular complexity index is 2290. The second-order valence-corrected chi connectivity index (χ2v) is 15.1. The summed E-state index contributed by atoms with van der Waals surface area (Å²) < 4.78 is 15.5. The van der Waals surface area contributed by atoms with Crippen LogP contribution in [0.3, 0.4) is 0 Å². The number of carbonyl (C=O) groups is 8. The average molecular weight is 851 g/mol. The third kappa shape index (κ3) is 11.5. The van der Waals surface area contributed by atoms with Crippen molar-refractivity contribution in [1.82, 2.24) is 32.3 Å².